The normalized spacial score (nSPS) is 10.2. The van der Waals surface area contributed by atoms with E-state index in [-0.39, 0.29) is 0 Å². The summed E-state index contributed by atoms with van der Waals surface area (Å²) in [7, 11) is 1.86. The van der Waals surface area contributed by atoms with Gasteiger partial charge in [-0.15, -0.1) is 0 Å². The van der Waals surface area contributed by atoms with Gasteiger partial charge in [0.25, 0.3) is 0 Å². The second kappa shape index (κ2) is 6.63. The van der Waals surface area contributed by atoms with Crippen LogP contribution in [0.2, 0.25) is 0 Å². The van der Waals surface area contributed by atoms with Crippen molar-refractivity contribution >= 4 is 5.97 Å². The van der Waals surface area contributed by atoms with Gasteiger partial charge in [0.15, 0.2) is 6.61 Å². The molecule has 6 nitrogen and oxygen atoms in total. The van der Waals surface area contributed by atoms with Crippen molar-refractivity contribution in [2.24, 2.45) is 0 Å². The Morgan fingerprint density at radius 3 is 2.90 bits per heavy atom. The van der Waals surface area contributed by atoms with Crippen LogP contribution in [0.25, 0.3) is 11.3 Å². The van der Waals surface area contributed by atoms with E-state index in [4.69, 9.17) is 9.84 Å². The molecule has 0 saturated carbocycles. The molecule has 2 N–H and O–H groups in total. The predicted molar refractivity (Wildman–Crippen MR) is 73.4 cm³/mol. The van der Waals surface area contributed by atoms with E-state index in [0.717, 1.165) is 11.1 Å². The van der Waals surface area contributed by atoms with E-state index < -0.39 is 12.6 Å². The van der Waals surface area contributed by atoms with Gasteiger partial charge in [-0.05, 0) is 24.7 Å². The van der Waals surface area contributed by atoms with Crippen molar-refractivity contribution in [1.29, 1.82) is 0 Å². The number of hydrogen-bond donors (Lipinski definition) is 2. The third kappa shape index (κ3) is 3.52. The van der Waals surface area contributed by atoms with Crippen LogP contribution in [0.5, 0.6) is 5.75 Å². The van der Waals surface area contributed by atoms with Crippen molar-refractivity contribution in [3.05, 3.63) is 42.4 Å². The van der Waals surface area contributed by atoms with Gasteiger partial charge >= 0.3 is 5.97 Å². The van der Waals surface area contributed by atoms with Gasteiger partial charge < -0.3 is 15.2 Å². The van der Waals surface area contributed by atoms with Gasteiger partial charge in [-0.25, -0.2) is 4.79 Å². The number of carboxylic acid groups (broad SMARTS) is 1. The summed E-state index contributed by atoms with van der Waals surface area (Å²) < 4.78 is 5.30. The van der Waals surface area contributed by atoms with Crippen LogP contribution in [0.1, 0.15) is 5.56 Å². The van der Waals surface area contributed by atoms with Gasteiger partial charge in [0.2, 0.25) is 0 Å². The molecule has 0 atom stereocenters. The maximum absolute atomic E-state index is 10.6. The van der Waals surface area contributed by atoms with Gasteiger partial charge in [-0.1, -0.05) is 6.07 Å². The standard InChI is InChI=1S/C14H15N3O3/c1-15-7-10-2-3-13(20-9-14(18)19)11(6-10)12-8-16-4-5-17-12/h2-6,8,15H,7,9H2,1H3,(H,18,19). The van der Waals surface area contributed by atoms with E-state index in [1.165, 1.54) is 0 Å². The maximum atomic E-state index is 10.6. The van der Waals surface area contributed by atoms with Crippen molar-refractivity contribution in [2.45, 2.75) is 6.54 Å². The highest BCUT2D eigenvalue weighted by molar-refractivity contribution is 5.71. The topological polar surface area (TPSA) is 84.3 Å². The molecular formula is C14H15N3O3. The Bertz CT molecular complexity index is 587. The Labute approximate surface area is 116 Å². The Kier molecular flexibility index (Phi) is 4.62. The number of carboxylic acids is 1. The van der Waals surface area contributed by atoms with Gasteiger partial charge in [0.05, 0.1) is 11.9 Å². The Morgan fingerprint density at radius 1 is 1.40 bits per heavy atom. The first-order valence-electron chi connectivity index (χ1n) is 6.09. The number of hydrogen-bond acceptors (Lipinski definition) is 5. The van der Waals surface area contributed by atoms with E-state index >= 15 is 0 Å². The lowest BCUT2D eigenvalue weighted by Crippen LogP contribution is -2.11. The van der Waals surface area contributed by atoms with Crippen LogP contribution in [0, 0.1) is 0 Å². The van der Waals surface area contributed by atoms with Crippen LogP contribution in [0.4, 0.5) is 0 Å². The van der Waals surface area contributed by atoms with Crippen molar-refractivity contribution < 1.29 is 14.6 Å². The predicted octanol–water partition coefficient (Wildman–Crippen LogP) is 1.33. The molecule has 2 rings (SSSR count). The van der Waals surface area contributed by atoms with Crippen molar-refractivity contribution in [3.63, 3.8) is 0 Å². The summed E-state index contributed by atoms with van der Waals surface area (Å²) in [5, 5.41) is 11.8. The average molecular weight is 273 g/mol. The van der Waals surface area contributed by atoms with Crippen LogP contribution in [0.3, 0.4) is 0 Å². The molecule has 0 radical (unpaired) electrons. The zero-order chi connectivity index (χ0) is 14.4. The summed E-state index contributed by atoms with van der Waals surface area (Å²) in [6.07, 6.45) is 4.78. The summed E-state index contributed by atoms with van der Waals surface area (Å²) in [5.74, 6) is -0.540. The summed E-state index contributed by atoms with van der Waals surface area (Å²) in [6.45, 7) is 0.311. The highest BCUT2D eigenvalue weighted by atomic mass is 16.5. The number of rotatable bonds is 6. The van der Waals surface area contributed by atoms with E-state index in [1.807, 2.05) is 19.2 Å². The number of ether oxygens (including phenoxy) is 1. The van der Waals surface area contributed by atoms with Crippen LogP contribution in [0.15, 0.2) is 36.8 Å². The fourth-order valence-electron chi connectivity index (χ4n) is 1.79. The second-order valence-corrected chi connectivity index (χ2v) is 4.13. The van der Waals surface area contributed by atoms with E-state index in [0.29, 0.717) is 18.0 Å². The van der Waals surface area contributed by atoms with E-state index in [9.17, 15) is 4.79 Å². The molecule has 0 unspecified atom stereocenters. The number of nitrogens with one attached hydrogen (secondary N) is 1. The molecule has 0 aliphatic rings. The monoisotopic (exact) mass is 273 g/mol. The van der Waals surface area contributed by atoms with Crippen LogP contribution < -0.4 is 10.1 Å². The Morgan fingerprint density at radius 2 is 2.25 bits per heavy atom. The molecule has 1 aromatic carbocycles. The van der Waals surface area contributed by atoms with Crippen molar-refractivity contribution in [2.75, 3.05) is 13.7 Å². The minimum atomic E-state index is -1.02. The highest BCUT2D eigenvalue weighted by Gasteiger charge is 2.10. The molecule has 0 amide bonds. The first kappa shape index (κ1) is 14.0. The molecule has 0 aliphatic heterocycles. The summed E-state index contributed by atoms with van der Waals surface area (Å²) >= 11 is 0. The third-order valence-electron chi connectivity index (χ3n) is 2.62. The molecule has 1 aromatic heterocycles. The average Bonchev–Trinajstić information content (AvgIpc) is 2.47. The minimum Gasteiger partial charge on any atom is -0.481 e. The first-order chi connectivity index (χ1) is 9.70. The lowest BCUT2D eigenvalue weighted by molar-refractivity contribution is -0.139. The Balaban J connectivity index is 2.37. The SMILES string of the molecule is CNCc1ccc(OCC(=O)O)c(-c2cnccn2)c1. The number of carbonyl (C=O) groups is 1. The molecule has 6 heteroatoms. The van der Waals surface area contributed by atoms with Gasteiger partial charge in [-0.3, -0.25) is 9.97 Å². The zero-order valence-electron chi connectivity index (χ0n) is 11.0. The largest absolute Gasteiger partial charge is 0.481 e. The van der Waals surface area contributed by atoms with E-state index in [2.05, 4.69) is 15.3 Å². The quantitative estimate of drug-likeness (QED) is 0.826. The van der Waals surface area contributed by atoms with Gasteiger partial charge in [-0.2, -0.15) is 0 Å². The van der Waals surface area contributed by atoms with Gasteiger partial charge in [0, 0.05) is 24.5 Å². The fourth-order valence-corrected chi connectivity index (χ4v) is 1.79. The zero-order valence-corrected chi connectivity index (χ0v) is 11.0. The van der Waals surface area contributed by atoms with Crippen LogP contribution >= 0.6 is 0 Å². The summed E-state index contributed by atoms with van der Waals surface area (Å²) in [6, 6.07) is 5.55. The second-order valence-electron chi connectivity index (χ2n) is 4.13. The van der Waals surface area contributed by atoms with Crippen molar-refractivity contribution in [3.8, 4) is 17.0 Å². The lowest BCUT2D eigenvalue weighted by Gasteiger charge is -2.11. The Hall–Kier alpha value is -2.47. The molecular weight excluding hydrogens is 258 g/mol. The molecule has 0 saturated heterocycles. The van der Waals surface area contributed by atoms with Crippen molar-refractivity contribution in [1.82, 2.24) is 15.3 Å². The number of aliphatic carboxylic acids is 1. The molecule has 2 aromatic rings. The van der Waals surface area contributed by atoms with Crippen LogP contribution in [-0.2, 0) is 11.3 Å². The summed E-state index contributed by atoms with van der Waals surface area (Å²) in [5.41, 5.74) is 2.42. The maximum Gasteiger partial charge on any atom is 0.341 e. The molecule has 20 heavy (non-hydrogen) atoms. The molecule has 0 bridgehead atoms. The van der Waals surface area contributed by atoms with Crippen LogP contribution in [-0.4, -0.2) is 34.7 Å². The lowest BCUT2D eigenvalue weighted by atomic mass is 10.1. The minimum absolute atomic E-state index is 0.390. The molecule has 0 spiro atoms. The molecule has 0 fully saturated rings. The molecule has 104 valence electrons. The first-order valence-corrected chi connectivity index (χ1v) is 6.09. The van der Waals surface area contributed by atoms with E-state index in [1.54, 1.807) is 24.7 Å². The summed E-state index contributed by atoms with van der Waals surface area (Å²) in [4.78, 5) is 18.9. The number of benzene rings is 1. The smallest absolute Gasteiger partial charge is 0.341 e. The molecule has 1 heterocycles. The number of aromatic nitrogens is 2. The number of nitrogens with zero attached hydrogens (tertiary/aromatic N) is 2. The van der Waals surface area contributed by atoms with Gasteiger partial charge in [0.1, 0.15) is 5.75 Å². The third-order valence-corrected chi connectivity index (χ3v) is 2.62. The highest BCUT2D eigenvalue weighted by Crippen LogP contribution is 2.29. The fraction of sp³-hybridized carbons (Fsp3) is 0.214. The molecule has 0 aliphatic carbocycles.